The molecule has 1 atom stereocenters. The first-order chi connectivity index (χ1) is 7.00. The van der Waals surface area contributed by atoms with E-state index in [1.54, 1.807) is 0 Å². The minimum absolute atomic E-state index is 0. The van der Waals surface area contributed by atoms with E-state index in [9.17, 15) is 30.7 Å². The summed E-state index contributed by atoms with van der Waals surface area (Å²) in [4.78, 5) is 0. The highest BCUT2D eigenvalue weighted by Crippen LogP contribution is 2.49. The molecule has 0 aliphatic heterocycles. The summed E-state index contributed by atoms with van der Waals surface area (Å²) >= 11 is 0. The standard InChI is InChI=1S/C8H10F7N.ClH/c9-6(10,5(16)3-4-1-2-4)7(11,12)8(13,14)15;/h4-5H,1-3,16H2;1H/t5-;/m0./s1. The van der Waals surface area contributed by atoms with Gasteiger partial charge in [-0.15, -0.1) is 12.4 Å². The normalized spacial score (nSPS) is 19.8. The molecule has 0 aromatic carbocycles. The molecular weight excluding hydrogens is 279 g/mol. The highest BCUT2D eigenvalue weighted by atomic mass is 35.5. The van der Waals surface area contributed by atoms with Gasteiger partial charge in [0.15, 0.2) is 0 Å². The molecule has 0 spiro atoms. The van der Waals surface area contributed by atoms with Gasteiger partial charge in [0, 0.05) is 0 Å². The van der Waals surface area contributed by atoms with Gasteiger partial charge in [0.25, 0.3) is 0 Å². The molecule has 1 aliphatic carbocycles. The molecule has 0 saturated heterocycles. The van der Waals surface area contributed by atoms with Gasteiger partial charge in [0.05, 0.1) is 6.04 Å². The van der Waals surface area contributed by atoms with E-state index in [-0.39, 0.29) is 18.3 Å². The van der Waals surface area contributed by atoms with Gasteiger partial charge in [-0.05, 0) is 12.3 Å². The van der Waals surface area contributed by atoms with E-state index in [1.165, 1.54) is 0 Å². The Morgan fingerprint density at radius 2 is 1.41 bits per heavy atom. The smallest absolute Gasteiger partial charge is 0.322 e. The van der Waals surface area contributed by atoms with Crippen molar-refractivity contribution in [2.75, 3.05) is 0 Å². The van der Waals surface area contributed by atoms with Crippen molar-refractivity contribution in [3.8, 4) is 0 Å². The minimum atomic E-state index is -6.29. The Hall–Kier alpha value is -0.240. The zero-order valence-corrected chi connectivity index (χ0v) is 9.22. The number of hydrogen-bond acceptors (Lipinski definition) is 1. The maximum absolute atomic E-state index is 12.9. The van der Waals surface area contributed by atoms with Gasteiger partial charge in [0.2, 0.25) is 0 Å². The molecule has 9 heteroatoms. The molecule has 17 heavy (non-hydrogen) atoms. The lowest BCUT2D eigenvalue weighted by Crippen LogP contribution is -2.60. The first-order valence-electron chi connectivity index (χ1n) is 4.58. The van der Waals surface area contributed by atoms with Crippen LogP contribution in [0.15, 0.2) is 0 Å². The fourth-order valence-corrected chi connectivity index (χ4v) is 1.28. The second-order valence-electron chi connectivity index (χ2n) is 3.98. The van der Waals surface area contributed by atoms with E-state index in [1.807, 2.05) is 0 Å². The van der Waals surface area contributed by atoms with Crippen LogP contribution in [0.4, 0.5) is 30.7 Å². The zero-order valence-electron chi connectivity index (χ0n) is 8.41. The molecule has 0 unspecified atom stereocenters. The molecule has 1 saturated carbocycles. The second kappa shape index (κ2) is 4.79. The van der Waals surface area contributed by atoms with Crippen LogP contribution >= 0.6 is 12.4 Å². The highest BCUT2D eigenvalue weighted by molar-refractivity contribution is 5.85. The quantitative estimate of drug-likeness (QED) is 0.789. The summed E-state index contributed by atoms with van der Waals surface area (Å²) in [5, 5.41) is 0. The van der Waals surface area contributed by atoms with Crippen LogP contribution < -0.4 is 5.73 Å². The molecule has 0 radical (unpaired) electrons. The first kappa shape index (κ1) is 16.8. The van der Waals surface area contributed by atoms with Crippen LogP contribution in [0.2, 0.25) is 0 Å². The highest BCUT2D eigenvalue weighted by Gasteiger charge is 2.74. The average molecular weight is 290 g/mol. The predicted octanol–water partition coefficient (Wildman–Crippen LogP) is 3.37. The molecule has 1 nitrogen and oxygen atoms in total. The van der Waals surface area contributed by atoms with E-state index < -0.39 is 30.5 Å². The molecule has 1 rings (SSSR count). The summed E-state index contributed by atoms with van der Waals surface area (Å²) in [6.07, 6.45) is -5.72. The van der Waals surface area contributed by atoms with E-state index in [0.717, 1.165) is 0 Å². The van der Waals surface area contributed by atoms with Crippen molar-refractivity contribution >= 4 is 12.4 Å². The Labute approximate surface area is 98.9 Å². The third-order valence-corrected chi connectivity index (χ3v) is 2.52. The van der Waals surface area contributed by atoms with Crippen molar-refractivity contribution in [3.05, 3.63) is 0 Å². The second-order valence-corrected chi connectivity index (χ2v) is 3.98. The molecular formula is C8H11ClF7N. The van der Waals surface area contributed by atoms with Crippen LogP contribution in [0.5, 0.6) is 0 Å². The summed E-state index contributed by atoms with van der Waals surface area (Å²) in [5.41, 5.74) is 4.75. The molecule has 0 heterocycles. The van der Waals surface area contributed by atoms with E-state index in [4.69, 9.17) is 5.73 Å². The fraction of sp³-hybridized carbons (Fsp3) is 1.00. The van der Waals surface area contributed by atoms with Gasteiger partial charge >= 0.3 is 18.0 Å². The van der Waals surface area contributed by atoms with Gasteiger partial charge < -0.3 is 5.73 Å². The average Bonchev–Trinajstić information content (AvgIpc) is 2.85. The first-order valence-corrected chi connectivity index (χ1v) is 4.58. The van der Waals surface area contributed by atoms with Gasteiger partial charge in [-0.25, -0.2) is 0 Å². The number of alkyl halides is 7. The molecule has 1 aliphatic rings. The van der Waals surface area contributed by atoms with Crippen LogP contribution in [-0.2, 0) is 0 Å². The molecule has 2 N–H and O–H groups in total. The number of nitrogens with two attached hydrogens (primary N) is 1. The molecule has 1 fully saturated rings. The lowest BCUT2D eigenvalue weighted by atomic mass is 9.98. The van der Waals surface area contributed by atoms with E-state index in [0.29, 0.717) is 12.8 Å². The largest absolute Gasteiger partial charge is 0.459 e. The van der Waals surface area contributed by atoms with Crippen LogP contribution in [0, 0.1) is 5.92 Å². The van der Waals surface area contributed by atoms with Crippen molar-refractivity contribution < 1.29 is 30.7 Å². The van der Waals surface area contributed by atoms with Crippen LogP contribution in [0.25, 0.3) is 0 Å². The monoisotopic (exact) mass is 289 g/mol. The maximum Gasteiger partial charge on any atom is 0.459 e. The summed E-state index contributed by atoms with van der Waals surface area (Å²) < 4.78 is 86.0. The van der Waals surface area contributed by atoms with Crippen molar-refractivity contribution in [2.24, 2.45) is 11.7 Å². The van der Waals surface area contributed by atoms with Gasteiger partial charge in [-0.1, -0.05) is 12.8 Å². The lowest BCUT2D eigenvalue weighted by molar-refractivity contribution is -0.358. The summed E-state index contributed by atoms with van der Waals surface area (Å²) in [6, 6.07) is -2.48. The van der Waals surface area contributed by atoms with Crippen molar-refractivity contribution in [1.29, 1.82) is 0 Å². The third-order valence-electron chi connectivity index (χ3n) is 2.52. The Morgan fingerprint density at radius 1 is 1.00 bits per heavy atom. The zero-order chi connectivity index (χ0) is 12.8. The maximum atomic E-state index is 12.9. The summed E-state index contributed by atoms with van der Waals surface area (Å²) in [6.45, 7) is 0. The van der Waals surface area contributed by atoms with Crippen molar-refractivity contribution in [1.82, 2.24) is 0 Å². The van der Waals surface area contributed by atoms with E-state index in [2.05, 4.69) is 0 Å². The Balaban J connectivity index is 0.00000256. The fourth-order valence-electron chi connectivity index (χ4n) is 1.28. The molecule has 0 aromatic rings. The summed E-state index contributed by atoms with van der Waals surface area (Å²) in [5.74, 6) is -11.6. The lowest BCUT2D eigenvalue weighted by Gasteiger charge is -2.32. The Morgan fingerprint density at radius 3 is 1.71 bits per heavy atom. The van der Waals surface area contributed by atoms with Crippen molar-refractivity contribution in [2.45, 2.75) is 43.3 Å². The summed E-state index contributed by atoms with van der Waals surface area (Å²) in [7, 11) is 0. The van der Waals surface area contributed by atoms with Gasteiger partial charge in [-0.3, -0.25) is 0 Å². The van der Waals surface area contributed by atoms with Crippen LogP contribution in [0.1, 0.15) is 19.3 Å². The number of hydrogen-bond donors (Lipinski definition) is 1. The van der Waals surface area contributed by atoms with Crippen molar-refractivity contribution in [3.63, 3.8) is 0 Å². The number of halogens is 8. The molecule has 104 valence electrons. The van der Waals surface area contributed by atoms with Gasteiger partial charge in [0.1, 0.15) is 0 Å². The van der Waals surface area contributed by atoms with E-state index >= 15 is 0 Å². The minimum Gasteiger partial charge on any atom is -0.322 e. The SMILES string of the molecule is Cl.N[C@@H](CC1CC1)C(F)(F)C(F)(F)C(F)(F)F. The Bertz CT molecular complexity index is 261. The molecule has 0 amide bonds. The number of rotatable bonds is 4. The molecule has 0 aromatic heterocycles. The van der Waals surface area contributed by atoms with Crippen LogP contribution in [0.3, 0.4) is 0 Å². The molecule has 0 bridgehead atoms. The third kappa shape index (κ3) is 3.15. The topological polar surface area (TPSA) is 26.0 Å². The van der Waals surface area contributed by atoms with Crippen LogP contribution in [-0.4, -0.2) is 24.1 Å². The van der Waals surface area contributed by atoms with Gasteiger partial charge in [-0.2, -0.15) is 30.7 Å². The Kier molecular flexibility index (Phi) is 4.73. The predicted molar refractivity (Wildman–Crippen MR) is 48.5 cm³/mol.